The van der Waals surface area contributed by atoms with Gasteiger partial charge in [0.25, 0.3) is 0 Å². The van der Waals surface area contributed by atoms with Crippen molar-refractivity contribution in [1.82, 2.24) is 4.90 Å². The van der Waals surface area contributed by atoms with E-state index in [0.29, 0.717) is 19.8 Å². The summed E-state index contributed by atoms with van der Waals surface area (Å²) >= 11 is 0. The fourth-order valence-corrected chi connectivity index (χ4v) is 3.65. The van der Waals surface area contributed by atoms with E-state index < -0.39 is 0 Å². The van der Waals surface area contributed by atoms with Crippen LogP contribution in [0.25, 0.3) is 16.7 Å². The van der Waals surface area contributed by atoms with Crippen LogP contribution in [0.3, 0.4) is 0 Å². The number of nitrogens with zero attached hydrogens (tertiary/aromatic N) is 1. The molecule has 29 heavy (non-hydrogen) atoms. The fraction of sp³-hybridized carbons (Fsp3) is 0.440. The molecule has 3 rings (SSSR count). The van der Waals surface area contributed by atoms with Crippen LogP contribution in [0.2, 0.25) is 0 Å². The Morgan fingerprint density at radius 3 is 2.45 bits per heavy atom. The molecule has 0 N–H and O–H groups in total. The Morgan fingerprint density at radius 1 is 1.00 bits per heavy atom. The summed E-state index contributed by atoms with van der Waals surface area (Å²) in [7, 11) is 2.17. The molecule has 2 aromatic carbocycles. The summed E-state index contributed by atoms with van der Waals surface area (Å²) in [5.74, 6) is 0.827. The monoisotopic (exact) mass is 395 g/mol. The highest BCUT2D eigenvalue weighted by Gasteiger charge is 2.12. The van der Waals surface area contributed by atoms with Gasteiger partial charge >= 0.3 is 0 Å². The van der Waals surface area contributed by atoms with Crippen LogP contribution in [0.4, 0.5) is 0 Å². The van der Waals surface area contributed by atoms with Crippen molar-refractivity contribution in [3.8, 4) is 16.9 Å². The van der Waals surface area contributed by atoms with Crippen LogP contribution in [-0.2, 0) is 9.47 Å². The number of rotatable bonds is 9. The van der Waals surface area contributed by atoms with E-state index >= 15 is 0 Å². The lowest BCUT2D eigenvalue weighted by atomic mass is 9.93. The number of benzene rings is 2. The van der Waals surface area contributed by atoms with Gasteiger partial charge in [0, 0.05) is 26.3 Å². The van der Waals surface area contributed by atoms with Gasteiger partial charge in [0.15, 0.2) is 6.29 Å². The van der Waals surface area contributed by atoms with Crippen molar-refractivity contribution in [2.24, 2.45) is 0 Å². The second-order valence-corrected chi connectivity index (χ2v) is 7.45. The molecule has 1 aliphatic rings. The highest BCUT2D eigenvalue weighted by atomic mass is 16.7. The largest absolute Gasteiger partial charge is 0.488 e. The Labute approximate surface area is 175 Å². The van der Waals surface area contributed by atoms with E-state index in [1.165, 1.54) is 22.3 Å². The molecule has 1 heterocycles. The van der Waals surface area contributed by atoms with Gasteiger partial charge in [0.1, 0.15) is 12.4 Å². The molecule has 0 aromatic heterocycles. The van der Waals surface area contributed by atoms with Gasteiger partial charge in [-0.05, 0) is 74.2 Å². The lowest BCUT2D eigenvalue weighted by Crippen LogP contribution is -2.25. The molecule has 1 aliphatic heterocycles. The predicted molar refractivity (Wildman–Crippen MR) is 119 cm³/mol. The quantitative estimate of drug-likeness (QED) is 0.549. The summed E-state index contributed by atoms with van der Waals surface area (Å²) < 4.78 is 17.1. The Hall–Kier alpha value is -2.14. The number of hydrogen-bond donors (Lipinski definition) is 0. The Kier molecular flexibility index (Phi) is 7.87. The van der Waals surface area contributed by atoms with Gasteiger partial charge in [-0.1, -0.05) is 36.4 Å². The van der Waals surface area contributed by atoms with Gasteiger partial charge in [-0.3, -0.25) is 0 Å². The summed E-state index contributed by atoms with van der Waals surface area (Å²) in [5.41, 5.74) is 6.46. The Morgan fingerprint density at radius 2 is 1.79 bits per heavy atom. The lowest BCUT2D eigenvalue weighted by molar-refractivity contribution is -0.152. The predicted octanol–water partition coefficient (Wildman–Crippen LogP) is 5.16. The standard InChI is InChI=1S/C25H33NO3/c1-5-27-25(28-6-2)18-29-23-9-7-8-22(17-23)24-11-10-21(16-19(24)3)20-12-14-26(4)15-13-20/h7-12,16-17,25H,5-6,13-15,18H2,1-4H3. The van der Waals surface area contributed by atoms with Crippen LogP contribution in [-0.4, -0.2) is 51.1 Å². The molecule has 156 valence electrons. The zero-order valence-corrected chi connectivity index (χ0v) is 18.1. The molecular weight excluding hydrogens is 362 g/mol. The summed E-state index contributed by atoms with van der Waals surface area (Å²) in [6, 6.07) is 15.0. The second-order valence-electron chi connectivity index (χ2n) is 7.45. The zero-order chi connectivity index (χ0) is 20.6. The highest BCUT2D eigenvalue weighted by molar-refractivity contribution is 5.74. The molecule has 0 aliphatic carbocycles. The number of ether oxygens (including phenoxy) is 3. The maximum atomic E-state index is 5.94. The van der Waals surface area contributed by atoms with Crippen molar-refractivity contribution >= 4 is 5.57 Å². The van der Waals surface area contributed by atoms with Crippen molar-refractivity contribution in [1.29, 1.82) is 0 Å². The van der Waals surface area contributed by atoms with E-state index in [1.807, 2.05) is 26.0 Å². The summed E-state index contributed by atoms with van der Waals surface area (Å²) in [4.78, 5) is 2.35. The molecule has 0 atom stereocenters. The van der Waals surface area contributed by atoms with Crippen molar-refractivity contribution in [2.75, 3.05) is 40.0 Å². The van der Waals surface area contributed by atoms with E-state index in [-0.39, 0.29) is 6.29 Å². The molecule has 0 bridgehead atoms. The maximum absolute atomic E-state index is 5.94. The third-order valence-electron chi connectivity index (χ3n) is 5.25. The number of likely N-dealkylation sites (N-methyl/N-ethyl adjacent to an activating group) is 1. The molecule has 4 nitrogen and oxygen atoms in total. The van der Waals surface area contributed by atoms with E-state index in [2.05, 4.69) is 55.3 Å². The third-order valence-corrected chi connectivity index (χ3v) is 5.25. The summed E-state index contributed by atoms with van der Waals surface area (Å²) in [6.45, 7) is 9.84. The van der Waals surface area contributed by atoms with Gasteiger partial charge in [-0.15, -0.1) is 0 Å². The van der Waals surface area contributed by atoms with Crippen molar-refractivity contribution < 1.29 is 14.2 Å². The van der Waals surface area contributed by atoms with Crippen molar-refractivity contribution in [3.63, 3.8) is 0 Å². The van der Waals surface area contributed by atoms with Gasteiger partial charge in [-0.2, -0.15) is 0 Å². The molecule has 0 radical (unpaired) electrons. The van der Waals surface area contributed by atoms with Crippen LogP contribution < -0.4 is 4.74 Å². The van der Waals surface area contributed by atoms with E-state index in [4.69, 9.17) is 14.2 Å². The first-order valence-corrected chi connectivity index (χ1v) is 10.6. The van der Waals surface area contributed by atoms with Crippen LogP contribution in [0.5, 0.6) is 5.75 Å². The van der Waals surface area contributed by atoms with Crippen LogP contribution in [0.15, 0.2) is 48.5 Å². The normalized spacial score (nSPS) is 14.9. The van der Waals surface area contributed by atoms with E-state index in [1.54, 1.807) is 0 Å². The zero-order valence-electron chi connectivity index (χ0n) is 18.1. The van der Waals surface area contributed by atoms with Gasteiger partial charge in [0.2, 0.25) is 0 Å². The molecule has 0 saturated carbocycles. The average molecular weight is 396 g/mol. The van der Waals surface area contributed by atoms with Gasteiger partial charge in [0.05, 0.1) is 0 Å². The first-order valence-electron chi connectivity index (χ1n) is 10.6. The first-order chi connectivity index (χ1) is 14.1. The Balaban J connectivity index is 1.73. The minimum atomic E-state index is -0.336. The molecule has 0 unspecified atom stereocenters. The number of aryl methyl sites for hydroxylation is 1. The molecule has 2 aromatic rings. The van der Waals surface area contributed by atoms with Gasteiger partial charge < -0.3 is 19.1 Å². The summed E-state index contributed by atoms with van der Waals surface area (Å²) in [5, 5.41) is 0. The van der Waals surface area contributed by atoms with E-state index in [9.17, 15) is 0 Å². The first kappa shape index (κ1) is 21.6. The molecule has 4 heteroatoms. The summed E-state index contributed by atoms with van der Waals surface area (Å²) in [6.07, 6.45) is 3.12. The minimum absolute atomic E-state index is 0.336. The molecule has 0 spiro atoms. The van der Waals surface area contributed by atoms with Crippen LogP contribution in [0, 0.1) is 6.92 Å². The lowest BCUT2D eigenvalue weighted by Gasteiger charge is -2.22. The molecule has 0 saturated heterocycles. The Bertz CT molecular complexity index is 825. The minimum Gasteiger partial charge on any atom is -0.488 e. The topological polar surface area (TPSA) is 30.9 Å². The molecule has 0 fully saturated rings. The van der Waals surface area contributed by atoms with Gasteiger partial charge in [-0.25, -0.2) is 0 Å². The molecule has 0 amide bonds. The van der Waals surface area contributed by atoms with Crippen LogP contribution >= 0.6 is 0 Å². The SMILES string of the molecule is CCOC(COc1cccc(-c2ccc(C3=CCN(C)CC3)cc2C)c1)OCC. The average Bonchev–Trinajstić information content (AvgIpc) is 2.73. The number of hydrogen-bond acceptors (Lipinski definition) is 4. The highest BCUT2D eigenvalue weighted by Crippen LogP contribution is 2.30. The van der Waals surface area contributed by atoms with Crippen molar-refractivity contribution in [2.45, 2.75) is 33.5 Å². The van der Waals surface area contributed by atoms with Crippen molar-refractivity contribution in [3.05, 3.63) is 59.7 Å². The second kappa shape index (κ2) is 10.6. The molecular formula is C25H33NO3. The third kappa shape index (κ3) is 5.92. The van der Waals surface area contributed by atoms with E-state index in [0.717, 1.165) is 30.8 Å². The maximum Gasteiger partial charge on any atom is 0.191 e. The van der Waals surface area contributed by atoms with Crippen LogP contribution in [0.1, 0.15) is 31.4 Å². The smallest absolute Gasteiger partial charge is 0.191 e. The fourth-order valence-electron chi connectivity index (χ4n) is 3.65.